The number of hydrogen-bond donors (Lipinski definition) is 1. The minimum atomic E-state index is -0.365. The number of hydrogen-bond acceptors (Lipinski definition) is 4. The molecule has 0 aliphatic heterocycles. The van der Waals surface area contributed by atoms with E-state index < -0.39 is 0 Å². The molecular formula is C19H20ClN3O4. The largest absolute Gasteiger partial charge is 0.495 e. The molecule has 142 valence electrons. The van der Waals surface area contributed by atoms with Gasteiger partial charge in [0.05, 0.1) is 36.0 Å². The lowest BCUT2D eigenvalue weighted by molar-refractivity contribution is -0.116. The van der Waals surface area contributed by atoms with E-state index >= 15 is 0 Å². The molecule has 0 aliphatic rings. The molecule has 0 radical (unpaired) electrons. The summed E-state index contributed by atoms with van der Waals surface area (Å²) in [6.45, 7) is 2.29. The van der Waals surface area contributed by atoms with Crippen molar-refractivity contribution in [2.75, 3.05) is 19.5 Å². The van der Waals surface area contributed by atoms with Crippen LogP contribution in [-0.2, 0) is 17.9 Å². The molecule has 0 bridgehead atoms. The number of carbonyl (C=O) groups excluding carboxylic acids is 1. The van der Waals surface area contributed by atoms with Crippen molar-refractivity contribution in [2.45, 2.75) is 20.0 Å². The van der Waals surface area contributed by atoms with Gasteiger partial charge in [-0.2, -0.15) is 0 Å². The third-order valence-corrected chi connectivity index (χ3v) is 4.59. The molecule has 7 nitrogen and oxygen atoms in total. The monoisotopic (exact) mass is 389 g/mol. The Morgan fingerprint density at radius 1 is 1.07 bits per heavy atom. The number of benzene rings is 2. The first-order valence-corrected chi connectivity index (χ1v) is 8.77. The Balaban J connectivity index is 1.92. The van der Waals surface area contributed by atoms with Crippen LogP contribution in [0, 0.1) is 0 Å². The van der Waals surface area contributed by atoms with Gasteiger partial charge in [0.1, 0.15) is 18.0 Å². The first-order valence-electron chi connectivity index (χ1n) is 8.39. The molecule has 27 heavy (non-hydrogen) atoms. The van der Waals surface area contributed by atoms with Gasteiger partial charge in [0.2, 0.25) is 5.91 Å². The fourth-order valence-electron chi connectivity index (χ4n) is 3.02. The van der Waals surface area contributed by atoms with Crippen molar-refractivity contribution in [3.63, 3.8) is 0 Å². The van der Waals surface area contributed by atoms with Crippen LogP contribution in [0.4, 0.5) is 5.69 Å². The zero-order chi connectivity index (χ0) is 19.6. The Morgan fingerprint density at radius 3 is 2.30 bits per heavy atom. The summed E-state index contributed by atoms with van der Waals surface area (Å²) in [5.41, 5.74) is 1.68. The molecule has 1 aromatic heterocycles. The Kier molecular flexibility index (Phi) is 5.41. The number of ether oxygens (including phenoxy) is 2. The third kappa shape index (κ3) is 3.50. The van der Waals surface area contributed by atoms with Gasteiger partial charge >= 0.3 is 5.69 Å². The second kappa shape index (κ2) is 7.75. The van der Waals surface area contributed by atoms with E-state index in [1.165, 1.54) is 18.8 Å². The zero-order valence-corrected chi connectivity index (χ0v) is 16.0. The SMILES string of the molecule is CCn1c(=O)n(CC(=O)Nc2cc(Cl)c(OC)cc2OC)c2ccccc21. The van der Waals surface area contributed by atoms with E-state index in [-0.39, 0.29) is 18.1 Å². The van der Waals surface area contributed by atoms with Gasteiger partial charge in [0.25, 0.3) is 0 Å². The summed E-state index contributed by atoms with van der Waals surface area (Å²) in [5, 5.41) is 3.09. The number of para-hydroxylation sites is 2. The van der Waals surface area contributed by atoms with Gasteiger partial charge in [-0.25, -0.2) is 4.79 Å². The predicted molar refractivity (Wildman–Crippen MR) is 105 cm³/mol. The van der Waals surface area contributed by atoms with Crippen molar-refractivity contribution in [3.8, 4) is 11.5 Å². The molecule has 3 aromatic rings. The van der Waals surface area contributed by atoms with Crippen LogP contribution >= 0.6 is 11.6 Å². The zero-order valence-electron chi connectivity index (χ0n) is 15.3. The Bertz CT molecular complexity index is 1060. The fraction of sp³-hybridized carbons (Fsp3) is 0.263. The predicted octanol–water partition coefficient (Wildman–Crippen LogP) is 3.13. The average molecular weight is 390 g/mol. The molecule has 1 heterocycles. The Morgan fingerprint density at radius 2 is 1.70 bits per heavy atom. The minimum Gasteiger partial charge on any atom is -0.495 e. The number of anilines is 1. The van der Waals surface area contributed by atoms with E-state index in [9.17, 15) is 9.59 Å². The molecule has 0 spiro atoms. The van der Waals surface area contributed by atoms with Crippen LogP contribution in [0.2, 0.25) is 5.02 Å². The highest BCUT2D eigenvalue weighted by molar-refractivity contribution is 6.32. The summed E-state index contributed by atoms with van der Waals surface area (Å²) in [5.74, 6) is 0.484. The van der Waals surface area contributed by atoms with Crippen LogP contribution in [0.5, 0.6) is 11.5 Å². The normalized spacial score (nSPS) is 10.8. The number of methoxy groups -OCH3 is 2. The van der Waals surface area contributed by atoms with Gasteiger partial charge in [-0.15, -0.1) is 0 Å². The van der Waals surface area contributed by atoms with E-state index in [1.807, 2.05) is 31.2 Å². The maximum absolute atomic E-state index is 12.7. The van der Waals surface area contributed by atoms with Gasteiger partial charge in [-0.05, 0) is 25.1 Å². The summed E-state index contributed by atoms with van der Waals surface area (Å²) in [7, 11) is 2.98. The molecule has 0 saturated heterocycles. The molecule has 1 N–H and O–H groups in total. The van der Waals surface area contributed by atoms with Crippen LogP contribution in [0.15, 0.2) is 41.2 Å². The molecule has 0 saturated carbocycles. The first-order chi connectivity index (χ1) is 13.0. The summed E-state index contributed by atoms with van der Waals surface area (Å²) in [6, 6.07) is 10.5. The van der Waals surface area contributed by atoms with Crippen molar-refractivity contribution < 1.29 is 14.3 Å². The molecule has 1 amide bonds. The maximum atomic E-state index is 12.7. The standard InChI is InChI=1S/C19H20ClN3O4/c1-4-22-14-7-5-6-8-15(14)23(19(22)25)11-18(24)21-13-9-12(20)16(26-2)10-17(13)27-3/h5-10H,4,11H2,1-3H3,(H,21,24). The van der Waals surface area contributed by atoms with Crippen molar-refractivity contribution in [3.05, 3.63) is 51.9 Å². The number of aromatic nitrogens is 2. The van der Waals surface area contributed by atoms with Crippen molar-refractivity contribution >= 4 is 34.2 Å². The molecule has 0 aliphatic carbocycles. The van der Waals surface area contributed by atoms with E-state index in [1.54, 1.807) is 16.7 Å². The van der Waals surface area contributed by atoms with Gasteiger partial charge < -0.3 is 14.8 Å². The summed E-state index contributed by atoms with van der Waals surface area (Å²) in [6.07, 6.45) is 0. The van der Waals surface area contributed by atoms with Crippen LogP contribution in [0.25, 0.3) is 11.0 Å². The second-order valence-electron chi connectivity index (χ2n) is 5.84. The lowest BCUT2D eigenvalue weighted by atomic mass is 10.2. The lowest BCUT2D eigenvalue weighted by Crippen LogP contribution is -2.29. The summed E-state index contributed by atoms with van der Waals surface area (Å²) < 4.78 is 13.5. The van der Waals surface area contributed by atoms with Crippen LogP contribution < -0.4 is 20.5 Å². The third-order valence-electron chi connectivity index (χ3n) is 4.29. The fourth-order valence-corrected chi connectivity index (χ4v) is 3.26. The molecule has 3 rings (SSSR count). The topological polar surface area (TPSA) is 74.5 Å². The van der Waals surface area contributed by atoms with Crippen LogP contribution in [-0.4, -0.2) is 29.3 Å². The second-order valence-corrected chi connectivity index (χ2v) is 6.24. The number of carbonyl (C=O) groups is 1. The first kappa shape index (κ1) is 18.8. The smallest absolute Gasteiger partial charge is 0.329 e. The highest BCUT2D eigenvalue weighted by Crippen LogP contribution is 2.35. The molecule has 0 fully saturated rings. The number of aryl methyl sites for hydroxylation is 1. The van der Waals surface area contributed by atoms with Gasteiger partial charge in [0.15, 0.2) is 0 Å². The van der Waals surface area contributed by atoms with E-state index in [4.69, 9.17) is 21.1 Å². The lowest BCUT2D eigenvalue weighted by Gasteiger charge is -2.13. The van der Waals surface area contributed by atoms with Gasteiger partial charge in [-0.1, -0.05) is 23.7 Å². The van der Waals surface area contributed by atoms with Gasteiger partial charge in [-0.3, -0.25) is 13.9 Å². The maximum Gasteiger partial charge on any atom is 0.329 e. The number of nitrogens with one attached hydrogen (secondary N) is 1. The highest BCUT2D eigenvalue weighted by Gasteiger charge is 2.17. The van der Waals surface area contributed by atoms with Crippen LogP contribution in [0.1, 0.15) is 6.92 Å². The quantitative estimate of drug-likeness (QED) is 0.702. The van der Waals surface area contributed by atoms with Crippen molar-refractivity contribution in [1.82, 2.24) is 9.13 Å². The number of rotatable bonds is 6. The van der Waals surface area contributed by atoms with Crippen molar-refractivity contribution in [2.24, 2.45) is 0 Å². The summed E-state index contributed by atoms with van der Waals surface area (Å²) >= 11 is 6.14. The number of fused-ring (bicyclic) bond motifs is 1. The molecule has 8 heteroatoms. The number of halogens is 1. The van der Waals surface area contributed by atoms with Crippen LogP contribution in [0.3, 0.4) is 0 Å². The Labute approximate surface area is 161 Å². The van der Waals surface area contributed by atoms with Gasteiger partial charge in [0, 0.05) is 12.6 Å². The molecule has 0 unspecified atom stereocenters. The van der Waals surface area contributed by atoms with E-state index in [0.717, 1.165) is 5.52 Å². The van der Waals surface area contributed by atoms with E-state index in [2.05, 4.69) is 5.32 Å². The Hall–Kier alpha value is -2.93. The number of amides is 1. The highest BCUT2D eigenvalue weighted by atomic mass is 35.5. The van der Waals surface area contributed by atoms with Crippen molar-refractivity contribution in [1.29, 1.82) is 0 Å². The molecule has 2 aromatic carbocycles. The molecule has 0 atom stereocenters. The minimum absolute atomic E-state index is 0.126. The number of imidazole rings is 1. The molecular weight excluding hydrogens is 370 g/mol. The summed E-state index contributed by atoms with van der Waals surface area (Å²) in [4.78, 5) is 25.3. The number of nitrogens with zero attached hydrogens (tertiary/aromatic N) is 2. The van der Waals surface area contributed by atoms with E-state index in [0.29, 0.717) is 34.3 Å². The average Bonchev–Trinajstić information content (AvgIpc) is 2.93.